The number of fused-ring (bicyclic) bond motifs is 4. The van der Waals surface area contributed by atoms with Crippen molar-refractivity contribution in [1.82, 2.24) is 19.1 Å². The number of phenols is 1. The SMILES string of the molecule is CC(C)(C)c1ccc(-n2c(-c3cc(C(C)(C)C)cc(C(C)(C)C)c3O)nc3c(-c4[c-]c(-c5nccc6c5c5ccccc5n6-c5ccccc5)cc(-c5ccccc5)c4)cccc32)c(-c2ccccc2)c1.[Pt]. The van der Waals surface area contributed by atoms with Crippen LogP contribution in [0.5, 0.6) is 5.75 Å². The van der Waals surface area contributed by atoms with Crippen molar-refractivity contribution >= 4 is 32.8 Å². The molecule has 0 bridgehead atoms. The standard InChI is InChI=1S/C66H59N4O.Pt/c1-64(2,3)47-32-33-56(52(39-47)43-24-15-11-16-25-43)70-58-31-21-29-50(61(58)68-63(70)53-40-48(65(4,5)6)41-54(62(53)71)66(7,8)9)45-36-44(42-22-13-10-14-23-42)37-46(38-45)60-59-51-28-19-20-30-55(51)69(57(59)34-35-67-60)49-26-17-12-18-27-49;/h10-37,39-41,71H,1-9H3;/q-1;. The van der Waals surface area contributed by atoms with Crippen molar-refractivity contribution in [2.45, 2.75) is 78.6 Å². The van der Waals surface area contributed by atoms with Gasteiger partial charge in [-0.2, -0.15) is 0 Å². The fourth-order valence-electron chi connectivity index (χ4n) is 10.2. The van der Waals surface area contributed by atoms with Gasteiger partial charge in [-0.25, -0.2) is 4.98 Å². The minimum Gasteiger partial charge on any atom is -0.507 e. The summed E-state index contributed by atoms with van der Waals surface area (Å²) in [6.07, 6.45) is 1.92. The normalized spacial score (nSPS) is 12.2. The Bertz CT molecular complexity index is 3810. The Morgan fingerprint density at radius 3 is 1.76 bits per heavy atom. The third-order valence-electron chi connectivity index (χ3n) is 14.0. The van der Waals surface area contributed by atoms with Crippen LogP contribution in [0.15, 0.2) is 188 Å². The number of hydrogen-bond donors (Lipinski definition) is 1. The molecule has 5 nitrogen and oxygen atoms in total. The first-order valence-electron chi connectivity index (χ1n) is 24.7. The van der Waals surface area contributed by atoms with E-state index < -0.39 is 0 Å². The average Bonchev–Trinajstić information content (AvgIpc) is 3.92. The number of hydrogen-bond acceptors (Lipinski definition) is 3. The zero-order valence-electron chi connectivity index (χ0n) is 42.5. The summed E-state index contributed by atoms with van der Waals surface area (Å²) in [5, 5.41) is 14.9. The van der Waals surface area contributed by atoms with E-state index in [-0.39, 0.29) is 43.1 Å². The Hall–Kier alpha value is -7.33. The van der Waals surface area contributed by atoms with E-state index >= 15 is 0 Å². The summed E-state index contributed by atoms with van der Waals surface area (Å²) >= 11 is 0. The Balaban J connectivity index is 0.00000596. The molecule has 11 aromatic rings. The van der Waals surface area contributed by atoms with Gasteiger partial charge in [-0.1, -0.05) is 200 Å². The molecule has 3 aromatic heterocycles. The maximum atomic E-state index is 12.7. The Kier molecular flexibility index (Phi) is 12.3. The van der Waals surface area contributed by atoms with Crippen molar-refractivity contribution in [3.05, 3.63) is 211 Å². The first kappa shape index (κ1) is 48.3. The smallest absolute Gasteiger partial charge is 0.148 e. The van der Waals surface area contributed by atoms with Crippen LogP contribution in [0.3, 0.4) is 0 Å². The van der Waals surface area contributed by atoms with Crippen LogP contribution in [-0.4, -0.2) is 24.2 Å². The number of para-hydroxylation sites is 3. The molecule has 1 N–H and O–H groups in total. The topological polar surface area (TPSA) is 55.9 Å². The van der Waals surface area contributed by atoms with Gasteiger partial charge in [-0.05, 0) is 87.0 Å². The van der Waals surface area contributed by atoms with E-state index in [1.54, 1.807) is 0 Å². The molecule has 0 aliphatic rings. The summed E-state index contributed by atoms with van der Waals surface area (Å²) in [7, 11) is 0. The van der Waals surface area contributed by atoms with Gasteiger partial charge >= 0.3 is 0 Å². The molecule has 0 saturated heterocycles. The van der Waals surface area contributed by atoms with Gasteiger partial charge in [0.1, 0.15) is 11.6 Å². The number of benzene rings is 8. The van der Waals surface area contributed by atoms with Gasteiger partial charge in [0.25, 0.3) is 0 Å². The van der Waals surface area contributed by atoms with Gasteiger partial charge in [0, 0.05) is 60.5 Å². The quantitative estimate of drug-likeness (QED) is 0.162. The maximum absolute atomic E-state index is 12.7. The fraction of sp³-hybridized carbons (Fsp3) is 0.182. The molecule has 11 rings (SSSR count). The largest absolute Gasteiger partial charge is 0.507 e. The van der Waals surface area contributed by atoms with Crippen LogP contribution < -0.4 is 0 Å². The number of pyridine rings is 1. The number of aromatic hydroxyl groups is 1. The number of aromatic nitrogens is 4. The summed E-state index contributed by atoms with van der Waals surface area (Å²) in [6.45, 7) is 20.0. The molecule has 0 radical (unpaired) electrons. The van der Waals surface area contributed by atoms with Crippen LogP contribution in [0.25, 0.3) is 100 Å². The molecule has 0 aliphatic heterocycles. The van der Waals surface area contributed by atoms with Gasteiger partial charge in [0.2, 0.25) is 0 Å². The molecule has 0 atom stereocenters. The van der Waals surface area contributed by atoms with Crippen LogP contribution >= 0.6 is 0 Å². The second-order valence-electron chi connectivity index (χ2n) is 22.0. The molecule has 0 saturated carbocycles. The van der Waals surface area contributed by atoms with Crippen molar-refractivity contribution in [3.63, 3.8) is 0 Å². The van der Waals surface area contributed by atoms with E-state index in [0.717, 1.165) is 100.0 Å². The summed E-state index contributed by atoms with van der Waals surface area (Å²) in [5.41, 5.74) is 17.1. The zero-order chi connectivity index (χ0) is 49.4. The summed E-state index contributed by atoms with van der Waals surface area (Å²) in [6, 6.07) is 68.5. The molecule has 72 heavy (non-hydrogen) atoms. The van der Waals surface area contributed by atoms with E-state index in [4.69, 9.17) is 9.97 Å². The van der Waals surface area contributed by atoms with Gasteiger partial charge < -0.3 is 9.67 Å². The van der Waals surface area contributed by atoms with E-state index in [2.05, 4.69) is 260 Å². The summed E-state index contributed by atoms with van der Waals surface area (Å²) < 4.78 is 4.61. The molecule has 0 fully saturated rings. The summed E-state index contributed by atoms with van der Waals surface area (Å²) in [4.78, 5) is 10.9. The van der Waals surface area contributed by atoms with Crippen molar-refractivity contribution in [3.8, 4) is 73.2 Å². The van der Waals surface area contributed by atoms with Gasteiger partial charge in [-0.3, -0.25) is 9.55 Å². The number of phenolic OH excluding ortho intramolecular Hbond substituents is 1. The van der Waals surface area contributed by atoms with E-state index in [1.165, 1.54) is 5.56 Å². The first-order chi connectivity index (χ1) is 34.0. The van der Waals surface area contributed by atoms with Gasteiger partial charge in [0.15, 0.2) is 0 Å². The third kappa shape index (κ3) is 8.58. The molecular formula is C66H59N4OPt-. The minimum atomic E-state index is -0.348. The van der Waals surface area contributed by atoms with Crippen LogP contribution in [0, 0.1) is 6.07 Å². The molecule has 0 unspecified atom stereocenters. The monoisotopic (exact) mass is 1120 g/mol. The Labute approximate surface area is 438 Å². The predicted octanol–water partition coefficient (Wildman–Crippen LogP) is 17.2. The molecule has 6 heteroatoms. The van der Waals surface area contributed by atoms with Gasteiger partial charge in [0.05, 0.1) is 33.3 Å². The molecule has 0 amide bonds. The van der Waals surface area contributed by atoms with Crippen LogP contribution in [-0.2, 0) is 37.3 Å². The molecule has 360 valence electrons. The Morgan fingerprint density at radius 1 is 0.472 bits per heavy atom. The molecular weight excluding hydrogens is 1060 g/mol. The molecule has 0 spiro atoms. The molecule has 8 aromatic carbocycles. The minimum absolute atomic E-state index is 0. The number of nitrogens with zero attached hydrogens (tertiary/aromatic N) is 4. The van der Waals surface area contributed by atoms with E-state index in [9.17, 15) is 5.11 Å². The van der Waals surface area contributed by atoms with Crippen LogP contribution in [0.1, 0.15) is 79.0 Å². The third-order valence-corrected chi connectivity index (χ3v) is 14.0. The first-order valence-corrected chi connectivity index (χ1v) is 24.7. The van der Waals surface area contributed by atoms with E-state index in [0.29, 0.717) is 11.4 Å². The zero-order valence-corrected chi connectivity index (χ0v) is 44.7. The van der Waals surface area contributed by atoms with Crippen LogP contribution in [0.2, 0.25) is 0 Å². The second-order valence-corrected chi connectivity index (χ2v) is 22.0. The maximum Gasteiger partial charge on any atom is 0.148 e. The number of rotatable bonds is 7. The Morgan fingerprint density at radius 2 is 1.08 bits per heavy atom. The van der Waals surface area contributed by atoms with Gasteiger partial charge in [-0.15, -0.1) is 23.8 Å². The average molecular weight is 1120 g/mol. The van der Waals surface area contributed by atoms with Crippen LogP contribution in [0.4, 0.5) is 0 Å². The van der Waals surface area contributed by atoms with E-state index in [1.807, 2.05) is 6.20 Å². The second kappa shape index (κ2) is 18.4. The van der Waals surface area contributed by atoms with Crippen molar-refractivity contribution < 1.29 is 26.2 Å². The van der Waals surface area contributed by atoms with Crippen molar-refractivity contribution in [2.75, 3.05) is 0 Å². The molecule has 3 heterocycles. The molecule has 0 aliphatic carbocycles. The number of imidazole rings is 1. The fourth-order valence-corrected chi connectivity index (χ4v) is 10.2. The van der Waals surface area contributed by atoms with Crippen molar-refractivity contribution in [2.24, 2.45) is 0 Å². The van der Waals surface area contributed by atoms with Crippen molar-refractivity contribution in [1.29, 1.82) is 0 Å². The summed E-state index contributed by atoms with van der Waals surface area (Å²) in [5.74, 6) is 0.909. The predicted molar refractivity (Wildman–Crippen MR) is 297 cm³/mol.